The van der Waals surface area contributed by atoms with Crippen molar-refractivity contribution in [3.8, 4) is 17.2 Å². The second kappa shape index (κ2) is 13.2. The van der Waals surface area contributed by atoms with Gasteiger partial charge < -0.3 is 40.0 Å². The van der Waals surface area contributed by atoms with Gasteiger partial charge in [-0.3, -0.25) is 9.69 Å². The Bertz CT molecular complexity index is 1530. The Labute approximate surface area is 255 Å². The molecular weight excluding hydrogens is 568 g/mol. The zero-order valence-electron chi connectivity index (χ0n) is 24.8. The molecule has 3 atom stereocenters. The molecule has 12 nitrogen and oxygen atoms in total. The summed E-state index contributed by atoms with van der Waals surface area (Å²) in [5.74, 6) is -0.0726. The van der Waals surface area contributed by atoms with Crippen molar-refractivity contribution in [2.45, 2.75) is 32.5 Å². The predicted octanol–water partition coefficient (Wildman–Crippen LogP) is 4.11. The molecule has 0 bridgehead atoms. The number of fused-ring (bicyclic) bond motifs is 2. The van der Waals surface area contributed by atoms with Crippen molar-refractivity contribution in [3.05, 3.63) is 77.4 Å². The average molecular weight is 605 g/mol. The highest BCUT2D eigenvalue weighted by atomic mass is 16.7. The number of aliphatic hydroxyl groups is 1. The van der Waals surface area contributed by atoms with E-state index in [1.165, 1.54) is 0 Å². The third-order valence-corrected chi connectivity index (χ3v) is 7.71. The number of nitrogens with zero attached hydrogens (tertiary/aromatic N) is 2. The zero-order valence-corrected chi connectivity index (χ0v) is 24.8. The van der Waals surface area contributed by atoms with Gasteiger partial charge in [-0.1, -0.05) is 25.1 Å². The molecule has 0 saturated heterocycles. The van der Waals surface area contributed by atoms with E-state index in [4.69, 9.17) is 14.2 Å². The Kier molecular flexibility index (Phi) is 9.21. The van der Waals surface area contributed by atoms with Crippen LogP contribution in [0, 0.1) is 5.92 Å². The van der Waals surface area contributed by atoms with Gasteiger partial charge in [0.25, 0.3) is 5.91 Å². The number of carboxylic acid groups (broad SMARTS) is 1. The molecule has 3 aromatic carbocycles. The topological polar surface area (TPSA) is 150 Å². The molecular formula is C32H36N4O8. The highest BCUT2D eigenvalue weighted by Crippen LogP contribution is 2.36. The van der Waals surface area contributed by atoms with Crippen molar-refractivity contribution < 1.29 is 38.8 Å². The Morgan fingerprint density at radius 3 is 2.55 bits per heavy atom. The number of nitrogens with one attached hydrogen (secondary N) is 2. The third-order valence-electron chi connectivity index (χ3n) is 7.71. The van der Waals surface area contributed by atoms with Crippen molar-refractivity contribution in [1.29, 1.82) is 0 Å². The number of ether oxygens (including phenoxy) is 3. The van der Waals surface area contributed by atoms with Crippen LogP contribution in [0.2, 0.25) is 0 Å². The van der Waals surface area contributed by atoms with Crippen LogP contribution in [0.15, 0.2) is 60.7 Å². The number of hydrogen-bond donors (Lipinski definition) is 4. The summed E-state index contributed by atoms with van der Waals surface area (Å²) < 4.78 is 17.3. The first-order chi connectivity index (χ1) is 21.1. The van der Waals surface area contributed by atoms with E-state index in [2.05, 4.69) is 15.5 Å². The zero-order chi connectivity index (χ0) is 31.4. The minimum Gasteiger partial charge on any atom is -0.486 e. The fourth-order valence-electron chi connectivity index (χ4n) is 5.25. The number of amides is 3. The number of carboxylic acids is 1. The van der Waals surface area contributed by atoms with E-state index in [0.29, 0.717) is 42.5 Å². The molecule has 4 N–H and O–H groups in total. The van der Waals surface area contributed by atoms with E-state index >= 15 is 0 Å². The van der Waals surface area contributed by atoms with Crippen molar-refractivity contribution in [2.75, 3.05) is 44.2 Å². The molecule has 44 heavy (non-hydrogen) atoms. The lowest BCUT2D eigenvalue weighted by Crippen LogP contribution is -2.49. The molecule has 0 spiro atoms. The molecule has 0 saturated carbocycles. The highest BCUT2D eigenvalue weighted by molar-refractivity contribution is 6.04. The van der Waals surface area contributed by atoms with Gasteiger partial charge in [0.05, 0.1) is 29.5 Å². The highest BCUT2D eigenvalue weighted by Gasteiger charge is 2.34. The average Bonchev–Trinajstić information content (AvgIpc) is 3.47. The third kappa shape index (κ3) is 6.87. The first-order valence-corrected chi connectivity index (χ1v) is 14.3. The van der Waals surface area contributed by atoms with Crippen LogP contribution in [0.3, 0.4) is 0 Å². The van der Waals surface area contributed by atoms with E-state index in [-0.39, 0.29) is 42.1 Å². The summed E-state index contributed by atoms with van der Waals surface area (Å²) in [7, 11) is 1.93. The van der Waals surface area contributed by atoms with Crippen molar-refractivity contribution in [1.82, 2.24) is 9.80 Å². The second-order valence-corrected chi connectivity index (χ2v) is 11.2. The molecule has 12 heteroatoms. The van der Waals surface area contributed by atoms with Crippen LogP contribution in [0.1, 0.15) is 40.1 Å². The maximum atomic E-state index is 13.7. The molecule has 3 aromatic rings. The number of likely N-dealkylation sites (N-methyl/N-ethyl adjacent to an activating group) is 1. The van der Waals surface area contributed by atoms with Crippen LogP contribution in [0.5, 0.6) is 17.2 Å². The minimum absolute atomic E-state index is 0.115. The summed E-state index contributed by atoms with van der Waals surface area (Å²) in [6.45, 7) is 5.04. The number of aliphatic hydroxyl groups excluding tert-OH is 1. The number of benzene rings is 3. The smallest absolute Gasteiger partial charge is 0.335 e. The molecule has 0 unspecified atom stereocenters. The summed E-state index contributed by atoms with van der Waals surface area (Å²) in [6.07, 6.45) is -0.404. The van der Waals surface area contributed by atoms with Crippen LogP contribution in [-0.2, 0) is 6.54 Å². The number of rotatable bonds is 9. The maximum absolute atomic E-state index is 13.7. The number of aromatic carboxylic acids is 1. The number of carbonyl (C=O) groups excluding carboxylic acids is 2. The molecule has 232 valence electrons. The van der Waals surface area contributed by atoms with Crippen molar-refractivity contribution >= 4 is 29.3 Å². The summed E-state index contributed by atoms with van der Waals surface area (Å²) in [6, 6.07) is 15.8. The molecule has 2 aliphatic rings. The summed E-state index contributed by atoms with van der Waals surface area (Å²) in [4.78, 5) is 41.8. The predicted molar refractivity (Wildman–Crippen MR) is 163 cm³/mol. The van der Waals surface area contributed by atoms with E-state index in [1.54, 1.807) is 72.5 Å². The molecule has 0 aliphatic carbocycles. The van der Waals surface area contributed by atoms with Gasteiger partial charge in [0.1, 0.15) is 6.10 Å². The number of hydrogen-bond acceptors (Lipinski definition) is 8. The monoisotopic (exact) mass is 604 g/mol. The SMILES string of the molecule is C[C@@H]1CN([C@@H](C)CO)C(=O)c2cccc(NC(=O)Nc3ccc4c(c3)OCO4)c2O[C@@H]1CN(C)Cc1ccc(C(=O)O)cc1. The summed E-state index contributed by atoms with van der Waals surface area (Å²) in [5.41, 5.74) is 2.24. The molecule has 2 heterocycles. The Balaban J connectivity index is 1.39. The van der Waals surface area contributed by atoms with Crippen LogP contribution in [0.25, 0.3) is 0 Å². The molecule has 0 radical (unpaired) electrons. The van der Waals surface area contributed by atoms with Gasteiger partial charge in [0.2, 0.25) is 6.79 Å². The fourth-order valence-corrected chi connectivity index (χ4v) is 5.25. The second-order valence-electron chi connectivity index (χ2n) is 11.2. The number of anilines is 2. The first-order valence-electron chi connectivity index (χ1n) is 14.3. The Morgan fingerprint density at radius 1 is 1.07 bits per heavy atom. The maximum Gasteiger partial charge on any atom is 0.335 e. The first kappa shape index (κ1) is 30.6. The van der Waals surface area contributed by atoms with Crippen LogP contribution in [-0.4, -0.2) is 83.6 Å². The van der Waals surface area contributed by atoms with Gasteiger partial charge in [-0.25, -0.2) is 9.59 Å². The van der Waals surface area contributed by atoms with Crippen molar-refractivity contribution in [2.24, 2.45) is 5.92 Å². The van der Waals surface area contributed by atoms with Crippen molar-refractivity contribution in [3.63, 3.8) is 0 Å². The number of para-hydroxylation sites is 1. The molecule has 3 amide bonds. The Hall–Kier alpha value is -4.81. The van der Waals surface area contributed by atoms with E-state index in [9.17, 15) is 24.6 Å². The summed E-state index contributed by atoms with van der Waals surface area (Å²) in [5, 5.41) is 24.8. The number of urea groups is 1. The van der Waals surface area contributed by atoms with E-state index in [0.717, 1.165) is 5.56 Å². The molecule has 0 aromatic heterocycles. The standard InChI is InChI=1S/C32H36N4O8/c1-19-14-36(20(2)17-37)30(38)24-5-4-6-25(34-32(41)33-23-11-12-26-27(13-23)43-18-42-26)29(24)44-28(19)16-35(3)15-21-7-9-22(10-8-21)31(39)40/h4-13,19-20,28,37H,14-18H2,1-3H3,(H,39,40)(H2,33,34,41)/t19-,20+,28-/m1/s1. The summed E-state index contributed by atoms with van der Waals surface area (Å²) >= 11 is 0. The van der Waals surface area contributed by atoms with Crippen LogP contribution in [0.4, 0.5) is 16.2 Å². The van der Waals surface area contributed by atoms with Gasteiger partial charge in [-0.05, 0) is 55.9 Å². The number of carbonyl (C=O) groups is 3. The lowest BCUT2D eigenvalue weighted by atomic mass is 9.98. The minimum atomic E-state index is -0.981. The fraction of sp³-hybridized carbons (Fsp3) is 0.344. The largest absolute Gasteiger partial charge is 0.486 e. The lowest BCUT2D eigenvalue weighted by Gasteiger charge is -2.38. The van der Waals surface area contributed by atoms with E-state index < -0.39 is 24.1 Å². The van der Waals surface area contributed by atoms with E-state index in [1.807, 2.05) is 14.0 Å². The lowest BCUT2D eigenvalue weighted by molar-refractivity contribution is 0.0343. The van der Waals surface area contributed by atoms with Gasteiger partial charge in [0.15, 0.2) is 17.2 Å². The Morgan fingerprint density at radius 2 is 1.82 bits per heavy atom. The van der Waals surface area contributed by atoms with Crippen LogP contribution >= 0.6 is 0 Å². The van der Waals surface area contributed by atoms with Crippen LogP contribution < -0.4 is 24.8 Å². The van der Waals surface area contributed by atoms with Gasteiger partial charge in [-0.2, -0.15) is 0 Å². The molecule has 5 rings (SSSR count). The quantitative estimate of drug-likeness (QED) is 0.283. The molecule has 0 fully saturated rings. The normalized spacial score (nSPS) is 18.1. The molecule has 2 aliphatic heterocycles. The van der Waals surface area contributed by atoms with Gasteiger partial charge in [0, 0.05) is 37.3 Å². The van der Waals surface area contributed by atoms with Gasteiger partial charge >= 0.3 is 12.0 Å². The van der Waals surface area contributed by atoms with Gasteiger partial charge in [-0.15, -0.1) is 0 Å².